The number of benzene rings is 1. The molecule has 12 heteroatoms. The molecule has 174 valence electrons. The van der Waals surface area contributed by atoms with Gasteiger partial charge in [0.2, 0.25) is 12.3 Å². The minimum Gasteiger partial charge on any atom is -0.491 e. The first-order valence-corrected chi connectivity index (χ1v) is 9.95. The molecule has 3 heterocycles. The number of amides is 1. The van der Waals surface area contributed by atoms with Gasteiger partial charge in [-0.15, -0.1) is 13.2 Å². The Morgan fingerprint density at radius 2 is 2.12 bits per heavy atom. The van der Waals surface area contributed by atoms with Crippen LogP contribution in [0.1, 0.15) is 28.0 Å². The quantitative estimate of drug-likeness (QED) is 0.670. The predicted molar refractivity (Wildman–Crippen MR) is 99.9 cm³/mol. The average molecular weight is 461 g/mol. The number of halogens is 5. The molecule has 1 amide bonds. The molecule has 0 unspecified atom stereocenters. The molecule has 4 rings (SSSR count). The van der Waals surface area contributed by atoms with Crippen molar-refractivity contribution in [2.75, 3.05) is 13.2 Å². The van der Waals surface area contributed by atoms with Crippen LogP contribution < -0.4 is 14.8 Å². The van der Waals surface area contributed by atoms with Gasteiger partial charge in [0.1, 0.15) is 18.5 Å². The molecule has 7 nitrogen and oxygen atoms in total. The average Bonchev–Trinajstić information content (AvgIpc) is 3.14. The number of nitrogens with one attached hydrogen (secondary N) is 1. The third-order valence-electron chi connectivity index (χ3n) is 5.12. The second-order valence-electron chi connectivity index (χ2n) is 7.60. The lowest BCUT2D eigenvalue weighted by molar-refractivity contribution is -0.330. The molecule has 2 aliphatic rings. The van der Waals surface area contributed by atoms with Crippen LogP contribution in [0.25, 0.3) is 0 Å². The van der Waals surface area contributed by atoms with Crippen LogP contribution in [0.15, 0.2) is 24.3 Å². The number of aromatic nitrogens is 2. The van der Waals surface area contributed by atoms with Gasteiger partial charge in [-0.1, -0.05) is 12.1 Å². The Bertz CT molecular complexity index is 979. The topological polar surface area (TPSA) is 74.6 Å². The number of hydrogen-bond acceptors (Lipinski definition) is 5. The Labute approximate surface area is 179 Å². The molecule has 0 aliphatic carbocycles. The first-order valence-electron chi connectivity index (χ1n) is 9.95. The summed E-state index contributed by atoms with van der Waals surface area (Å²) in [6.07, 6.45) is -7.71. The first-order chi connectivity index (χ1) is 15.2. The molecule has 2 aromatic rings. The number of carbonyl (C=O) groups excluding carboxylic acids is 1. The van der Waals surface area contributed by atoms with E-state index in [1.807, 2.05) is 0 Å². The van der Waals surface area contributed by atoms with Crippen molar-refractivity contribution in [2.45, 2.75) is 50.7 Å². The second kappa shape index (κ2) is 8.93. The number of aryl methyl sites for hydroxylation is 1. The highest BCUT2D eigenvalue weighted by Gasteiger charge is 2.33. The fourth-order valence-corrected chi connectivity index (χ4v) is 3.67. The summed E-state index contributed by atoms with van der Waals surface area (Å²) in [5.41, 5.74) is 1.26. The number of carbonyl (C=O) groups is 1. The van der Waals surface area contributed by atoms with Crippen molar-refractivity contribution in [3.8, 4) is 11.6 Å². The predicted octanol–water partition coefficient (Wildman–Crippen LogP) is 3.11. The highest BCUT2D eigenvalue weighted by molar-refractivity contribution is 5.92. The fourth-order valence-electron chi connectivity index (χ4n) is 3.67. The molecular formula is C20H20F5N3O4. The van der Waals surface area contributed by atoms with Gasteiger partial charge in [-0.2, -0.15) is 5.10 Å². The minimum absolute atomic E-state index is 0.0506. The molecule has 0 fully saturated rings. The van der Waals surface area contributed by atoms with Gasteiger partial charge < -0.3 is 14.8 Å². The summed E-state index contributed by atoms with van der Waals surface area (Å²) in [4.78, 5) is 12.6. The van der Waals surface area contributed by atoms with Gasteiger partial charge in [0.15, 0.2) is 5.69 Å². The molecule has 1 aromatic carbocycles. The van der Waals surface area contributed by atoms with E-state index in [0.29, 0.717) is 17.7 Å². The molecule has 32 heavy (non-hydrogen) atoms. The molecule has 1 N–H and O–H groups in total. The van der Waals surface area contributed by atoms with Crippen LogP contribution in [-0.2, 0) is 24.1 Å². The van der Waals surface area contributed by atoms with Crippen LogP contribution in [0.2, 0.25) is 0 Å². The van der Waals surface area contributed by atoms with Crippen LogP contribution in [0, 0.1) is 0 Å². The van der Waals surface area contributed by atoms with E-state index in [2.05, 4.69) is 15.2 Å². The Hall–Kier alpha value is -2.89. The second-order valence-corrected chi connectivity index (χ2v) is 7.60. The Balaban J connectivity index is 1.36. The highest BCUT2D eigenvalue weighted by atomic mass is 19.4. The van der Waals surface area contributed by atoms with Crippen LogP contribution in [0.4, 0.5) is 22.0 Å². The summed E-state index contributed by atoms with van der Waals surface area (Å²) < 4.78 is 78.2. The van der Waals surface area contributed by atoms with Crippen molar-refractivity contribution in [3.63, 3.8) is 0 Å². The van der Waals surface area contributed by atoms with Crippen molar-refractivity contribution in [3.05, 3.63) is 41.1 Å². The largest absolute Gasteiger partial charge is 0.522 e. The van der Waals surface area contributed by atoms with Gasteiger partial charge in [-0.05, 0) is 23.6 Å². The fraction of sp³-hybridized carbons (Fsp3) is 0.500. The summed E-state index contributed by atoms with van der Waals surface area (Å²) in [5, 5.41) is 6.93. The number of fused-ring (bicyclic) bond motifs is 2. The molecule has 0 saturated carbocycles. The number of ether oxygens (including phenoxy) is 3. The molecule has 1 aromatic heterocycles. The third kappa shape index (κ3) is 5.47. The summed E-state index contributed by atoms with van der Waals surface area (Å²) in [6.45, 7) is -0.169. The molecule has 0 spiro atoms. The lowest BCUT2D eigenvalue weighted by atomic mass is 9.99. The van der Waals surface area contributed by atoms with Crippen molar-refractivity contribution >= 4 is 5.91 Å². The van der Waals surface area contributed by atoms with Gasteiger partial charge in [-0.25, -0.2) is 13.5 Å². The summed E-state index contributed by atoms with van der Waals surface area (Å²) in [5.74, 6) is 0.268. The normalized spacial score (nSPS) is 20.2. The Kier molecular flexibility index (Phi) is 6.22. The summed E-state index contributed by atoms with van der Waals surface area (Å²) in [6, 6.07) is 5.83. The summed E-state index contributed by atoms with van der Waals surface area (Å²) in [7, 11) is 0. The Morgan fingerprint density at radius 1 is 1.31 bits per heavy atom. The standard InChI is InChI=1S/C20H20F5N3O4/c21-17(22)6-11-1-2-16-12(5-11)7-13(9-30-16)26-19(29)15-8-18-28(27-15)4-3-14(32-18)10-31-20(23,24)25/h1-2,5,8,13-14,17H,3-4,6-7,9-10H2,(H,26,29)/t13-,14-/m1/s1. The maximum Gasteiger partial charge on any atom is 0.522 e. The van der Waals surface area contributed by atoms with Crippen molar-refractivity contribution in [2.24, 2.45) is 0 Å². The van der Waals surface area contributed by atoms with Gasteiger partial charge in [-0.3, -0.25) is 9.53 Å². The van der Waals surface area contributed by atoms with E-state index in [1.165, 1.54) is 10.7 Å². The van der Waals surface area contributed by atoms with Gasteiger partial charge >= 0.3 is 6.36 Å². The number of nitrogens with zero attached hydrogens (tertiary/aromatic N) is 2. The van der Waals surface area contributed by atoms with Crippen LogP contribution in [-0.4, -0.2) is 53.8 Å². The zero-order chi connectivity index (χ0) is 22.9. The van der Waals surface area contributed by atoms with E-state index in [9.17, 15) is 26.7 Å². The van der Waals surface area contributed by atoms with E-state index in [1.54, 1.807) is 18.2 Å². The SMILES string of the molecule is O=C(N[C@H]1COc2ccc(CC(F)F)cc2C1)c1cc2n(n1)CC[C@H](COC(F)(F)F)O2. The van der Waals surface area contributed by atoms with E-state index < -0.39 is 37.4 Å². The van der Waals surface area contributed by atoms with E-state index in [0.717, 1.165) is 5.56 Å². The maximum atomic E-state index is 12.6. The molecule has 0 radical (unpaired) electrons. The lowest BCUT2D eigenvalue weighted by Crippen LogP contribution is -2.43. The number of alkyl halides is 5. The zero-order valence-corrected chi connectivity index (χ0v) is 16.7. The van der Waals surface area contributed by atoms with Gasteiger partial charge in [0.25, 0.3) is 5.91 Å². The van der Waals surface area contributed by atoms with E-state index in [-0.39, 0.29) is 37.6 Å². The molecule has 2 aliphatic heterocycles. The number of rotatable bonds is 6. The Morgan fingerprint density at radius 3 is 2.88 bits per heavy atom. The molecular weight excluding hydrogens is 441 g/mol. The van der Waals surface area contributed by atoms with Gasteiger partial charge in [0, 0.05) is 25.5 Å². The smallest absolute Gasteiger partial charge is 0.491 e. The first kappa shape index (κ1) is 22.3. The highest BCUT2D eigenvalue weighted by Crippen LogP contribution is 2.28. The van der Waals surface area contributed by atoms with Crippen molar-refractivity contribution < 1.29 is 41.0 Å². The lowest BCUT2D eigenvalue weighted by Gasteiger charge is -2.26. The maximum absolute atomic E-state index is 12.6. The molecule has 0 saturated heterocycles. The zero-order valence-electron chi connectivity index (χ0n) is 16.7. The van der Waals surface area contributed by atoms with Gasteiger partial charge in [0.05, 0.1) is 12.6 Å². The number of hydrogen-bond donors (Lipinski definition) is 1. The molecule has 0 bridgehead atoms. The minimum atomic E-state index is -4.74. The van der Waals surface area contributed by atoms with Crippen LogP contribution in [0.3, 0.4) is 0 Å². The third-order valence-corrected chi connectivity index (χ3v) is 5.12. The monoisotopic (exact) mass is 461 g/mol. The van der Waals surface area contributed by atoms with Crippen molar-refractivity contribution in [1.82, 2.24) is 15.1 Å². The van der Waals surface area contributed by atoms with E-state index in [4.69, 9.17) is 9.47 Å². The van der Waals surface area contributed by atoms with Crippen LogP contribution >= 0.6 is 0 Å². The van der Waals surface area contributed by atoms with E-state index >= 15 is 0 Å². The van der Waals surface area contributed by atoms with Crippen LogP contribution in [0.5, 0.6) is 11.6 Å². The van der Waals surface area contributed by atoms with Crippen molar-refractivity contribution in [1.29, 1.82) is 0 Å². The molecule has 2 atom stereocenters. The summed E-state index contributed by atoms with van der Waals surface area (Å²) >= 11 is 0.